The van der Waals surface area contributed by atoms with Gasteiger partial charge in [0.05, 0.1) is 11.7 Å². The number of hydrogen-bond donors (Lipinski definition) is 3. The van der Waals surface area contributed by atoms with Gasteiger partial charge in [-0.3, -0.25) is 0 Å². The molecule has 0 spiro atoms. The van der Waals surface area contributed by atoms with E-state index in [9.17, 15) is 15.3 Å². The highest BCUT2D eigenvalue weighted by atomic mass is 16.4. The zero-order valence-electron chi connectivity index (χ0n) is 8.33. The molecule has 0 heterocycles. The summed E-state index contributed by atoms with van der Waals surface area (Å²) in [5.41, 5.74) is -2.67. The lowest BCUT2D eigenvalue weighted by Crippen LogP contribution is -2.56. The van der Waals surface area contributed by atoms with Gasteiger partial charge < -0.3 is 15.3 Å². The fraction of sp³-hybridized carbons (Fsp3) is 1.00. The predicted octanol–water partition coefficient (Wildman–Crippen LogP) is 0.669. The second kappa shape index (κ2) is 3.73. The molecule has 0 bridgehead atoms. The Hall–Kier alpha value is -0.120. The average Bonchev–Trinajstić information content (AvgIpc) is 1.86. The van der Waals surface area contributed by atoms with Gasteiger partial charge in [-0.15, -0.1) is 0 Å². The summed E-state index contributed by atoms with van der Waals surface area (Å²) in [6.07, 6.45) is 0.319. The first-order valence-electron chi connectivity index (χ1n) is 4.38. The van der Waals surface area contributed by atoms with Crippen LogP contribution in [0.25, 0.3) is 0 Å². The first-order valence-corrected chi connectivity index (χ1v) is 4.38. The third-order valence-electron chi connectivity index (χ3n) is 2.64. The highest BCUT2D eigenvalue weighted by Gasteiger charge is 2.44. The molecule has 12 heavy (non-hydrogen) atoms. The average molecular weight is 176 g/mol. The van der Waals surface area contributed by atoms with Gasteiger partial charge in [-0.25, -0.2) is 0 Å². The molecular weight excluding hydrogens is 156 g/mol. The summed E-state index contributed by atoms with van der Waals surface area (Å²) < 4.78 is 0. The van der Waals surface area contributed by atoms with Crippen LogP contribution < -0.4 is 0 Å². The molecule has 0 aromatic heterocycles. The van der Waals surface area contributed by atoms with E-state index in [0.29, 0.717) is 6.42 Å². The Labute approximate surface area is 74.0 Å². The third kappa shape index (κ3) is 2.19. The molecule has 3 N–H and O–H groups in total. The van der Waals surface area contributed by atoms with Crippen LogP contribution in [0.1, 0.15) is 40.5 Å². The van der Waals surface area contributed by atoms with Crippen molar-refractivity contribution in [1.29, 1.82) is 0 Å². The molecule has 0 aliphatic rings. The molecule has 0 radical (unpaired) electrons. The van der Waals surface area contributed by atoms with Crippen molar-refractivity contribution < 1.29 is 15.3 Å². The van der Waals surface area contributed by atoms with Gasteiger partial charge in [0.15, 0.2) is 0 Å². The van der Waals surface area contributed by atoms with Crippen molar-refractivity contribution in [3.8, 4) is 0 Å². The van der Waals surface area contributed by atoms with Crippen molar-refractivity contribution in [3.05, 3.63) is 0 Å². The van der Waals surface area contributed by atoms with Crippen LogP contribution in [0, 0.1) is 0 Å². The van der Waals surface area contributed by atoms with E-state index >= 15 is 0 Å². The van der Waals surface area contributed by atoms with Gasteiger partial charge in [0, 0.05) is 0 Å². The fourth-order valence-corrected chi connectivity index (χ4v) is 1.19. The lowest BCUT2D eigenvalue weighted by molar-refractivity contribution is -0.182. The van der Waals surface area contributed by atoms with E-state index in [1.807, 2.05) is 6.92 Å². The zero-order chi connectivity index (χ0) is 9.99. The van der Waals surface area contributed by atoms with Crippen molar-refractivity contribution in [2.24, 2.45) is 0 Å². The normalized spacial score (nSPS) is 24.2. The minimum Gasteiger partial charge on any atom is -0.390 e. The van der Waals surface area contributed by atoms with E-state index in [1.54, 1.807) is 6.92 Å². The molecule has 3 unspecified atom stereocenters. The molecule has 3 atom stereocenters. The third-order valence-corrected chi connectivity index (χ3v) is 2.64. The summed E-state index contributed by atoms with van der Waals surface area (Å²) >= 11 is 0. The van der Waals surface area contributed by atoms with E-state index in [-0.39, 0.29) is 0 Å². The van der Waals surface area contributed by atoms with Crippen molar-refractivity contribution in [2.45, 2.75) is 57.8 Å². The van der Waals surface area contributed by atoms with E-state index in [1.165, 1.54) is 13.8 Å². The van der Waals surface area contributed by atoms with Crippen molar-refractivity contribution in [1.82, 2.24) is 0 Å². The zero-order valence-corrected chi connectivity index (χ0v) is 8.33. The van der Waals surface area contributed by atoms with Crippen LogP contribution in [0.4, 0.5) is 0 Å². The minimum absolute atomic E-state index is 0.477. The van der Waals surface area contributed by atoms with Crippen LogP contribution >= 0.6 is 0 Å². The number of aliphatic hydroxyl groups is 3. The number of rotatable bonds is 4. The summed E-state index contributed by atoms with van der Waals surface area (Å²) in [6, 6.07) is 0. The molecule has 0 saturated heterocycles. The van der Waals surface area contributed by atoms with Gasteiger partial charge in [0.1, 0.15) is 5.60 Å². The van der Waals surface area contributed by atoms with Crippen LogP contribution in [0.2, 0.25) is 0 Å². The summed E-state index contributed by atoms with van der Waals surface area (Å²) in [7, 11) is 0. The maximum absolute atomic E-state index is 9.80. The quantitative estimate of drug-likeness (QED) is 0.590. The molecule has 3 nitrogen and oxygen atoms in total. The smallest absolute Gasteiger partial charge is 0.116 e. The van der Waals surface area contributed by atoms with Gasteiger partial charge in [-0.1, -0.05) is 13.3 Å². The predicted molar refractivity (Wildman–Crippen MR) is 47.8 cm³/mol. The molecule has 0 aromatic carbocycles. The monoisotopic (exact) mass is 176 g/mol. The maximum Gasteiger partial charge on any atom is 0.116 e. The Morgan fingerprint density at radius 1 is 1.25 bits per heavy atom. The molecule has 0 rings (SSSR count). The SMILES string of the molecule is CCCC(C)(O)C(C)(O)C(C)O. The Balaban J connectivity index is 4.50. The highest BCUT2D eigenvalue weighted by Crippen LogP contribution is 2.29. The summed E-state index contributed by atoms with van der Waals surface area (Å²) in [4.78, 5) is 0. The van der Waals surface area contributed by atoms with E-state index < -0.39 is 17.3 Å². The maximum atomic E-state index is 9.80. The number of aliphatic hydroxyl groups excluding tert-OH is 1. The lowest BCUT2D eigenvalue weighted by atomic mass is 9.79. The summed E-state index contributed by atoms with van der Waals surface area (Å²) in [5, 5.41) is 28.8. The van der Waals surface area contributed by atoms with Crippen LogP contribution in [-0.4, -0.2) is 32.6 Å². The molecule has 0 saturated carbocycles. The van der Waals surface area contributed by atoms with Gasteiger partial charge in [0.25, 0.3) is 0 Å². The molecule has 0 amide bonds. The Morgan fingerprint density at radius 2 is 1.67 bits per heavy atom. The second-order valence-corrected chi connectivity index (χ2v) is 3.85. The highest BCUT2D eigenvalue weighted by molar-refractivity contribution is 4.96. The minimum atomic E-state index is -1.44. The molecular formula is C9H20O3. The standard InChI is InChI=1S/C9H20O3/c1-5-6-8(3,11)9(4,12)7(2)10/h7,10-12H,5-6H2,1-4H3. The molecule has 3 heteroatoms. The molecule has 0 aliphatic heterocycles. The largest absolute Gasteiger partial charge is 0.390 e. The van der Waals surface area contributed by atoms with Crippen LogP contribution in [-0.2, 0) is 0 Å². The molecule has 0 aliphatic carbocycles. The topological polar surface area (TPSA) is 60.7 Å². The van der Waals surface area contributed by atoms with Gasteiger partial charge >= 0.3 is 0 Å². The van der Waals surface area contributed by atoms with Crippen molar-refractivity contribution >= 4 is 0 Å². The summed E-state index contributed by atoms with van der Waals surface area (Å²) in [6.45, 7) is 6.40. The van der Waals surface area contributed by atoms with Crippen LogP contribution in [0.15, 0.2) is 0 Å². The van der Waals surface area contributed by atoms with Crippen molar-refractivity contribution in [2.75, 3.05) is 0 Å². The first-order chi connectivity index (χ1) is 5.25. The van der Waals surface area contributed by atoms with Crippen LogP contribution in [0.3, 0.4) is 0 Å². The molecule has 0 fully saturated rings. The van der Waals surface area contributed by atoms with Crippen molar-refractivity contribution in [3.63, 3.8) is 0 Å². The van der Waals surface area contributed by atoms with Gasteiger partial charge in [-0.2, -0.15) is 0 Å². The summed E-state index contributed by atoms with van der Waals surface area (Å²) in [5.74, 6) is 0. The number of hydrogen-bond acceptors (Lipinski definition) is 3. The van der Waals surface area contributed by atoms with E-state index in [0.717, 1.165) is 6.42 Å². The molecule has 0 aromatic rings. The van der Waals surface area contributed by atoms with E-state index in [2.05, 4.69) is 0 Å². The Kier molecular flexibility index (Phi) is 3.69. The Bertz CT molecular complexity index is 139. The fourth-order valence-electron chi connectivity index (χ4n) is 1.19. The second-order valence-electron chi connectivity index (χ2n) is 3.85. The van der Waals surface area contributed by atoms with Gasteiger partial charge in [0.2, 0.25) is 0 Å². The van der Waals surface area contributed by atoms with Gasteiger partial charge in [-0.05, 0) is 27.2 Å². The molecule has 74 valence electrons. The first kappa shape index (κ1) is 11.9. The van der Waals surface area contributed by atoms with Crippen LogP contribution in [0.5, 0.6) is 0 Å². The van der Waals surface area contributed by atoms with E-state index in [4.69, 9.17) is 0 Å². The Morgan fingerprint density at radius 3 is 1.92 bits per heavy atom. The lowest BCUT2D eigenvalue weighted by Gasteiger charge is -2.40.